The predicted molar refractivity (Wildman–Crippen MR) is 106 cm³/mol. The lowest BCUT2D eigenvalue weighted by Crippen LogP contribution is -2.51. The van der Waals surface area contributed by atoms with Gasteiger partial charge in [-0.15, -0.1) is 0 Å². The summed E-state index contributed by atoms with van der Waals surface area (Å²) in [6.07, 6.45) is 3.72. The Morgan fingerprint density at radius 3 is 2.39 bits per heavy atom. The first-order valence-electron chi connectivity index (χ1n) is 9.52. The van der Waals surface area contributed by atoms with Crippen molar-refractivity contribution in [3.8, 4) is 0 Å². The molecule has 1 aliphatic heterocycles. The lowest BCUT2D eigenvalue weighted by Gasteiger charge is -2.34. The molecule has 148 valence electrons. The van der Waals surface area contributed by atoms with Gasteiger partial charge in [-0.1, -0.05) is 30.3 Å². The number of carbonyl (C=O) groups excluding carboxylic acids is 2. The summed E-state index contributed by atoms with van der Waals surface area (Å²) in [6, 6.07) is 11.6. The first-order chi connectivity index (χ1) is 13.7. The molecule has 1 fully saturated rings. The van der Waals surface area contributed by atoms with Gasteiger partial charge in [-0.25, -0.2) is 9.97 Å². The summed E-state index contributed by atoms with van der Waals surface area (Å²) in [4.78, 5) is 36.5. The molecule has 28 heavy (non-hydrogen) atoms. The van der Waals surface area contributed by atoms with Crippen LogP contribution in [0.4, 0.5) is 5.95 Å². The van der Waals surface area contributed by atoms with Crippen LogP contribution in [0, 0.1) is 0 Å². The third kappa shape index (κ3) is 6.31. The van der Waals surface area contributed by atoms with E-state index in [1.807, 2.05) is 35.2 Å². The fourth-order valence-corrected chi connectivity index (χ4v) is 3.04. The molecule has 2 heterocycles. The smallest absolute Gasteiger partial charge is 0.234 e. The molecule has 0 unspecified atom stereocenters. The summed E-state index contributed by atoms with van der Waals surface area (Å²) in [5.74, 6) is 0.647. The monoisotopic (exact) mass is 382 g/mol. The molecule has 1 aromatic carbocycles. The normalized spacial score (nSPS) is 14.5. The van der Waals surface area contributed by atoms with E-state index < -0.39 is 0 Å². The van der Waals surface area contributed by atoms with Crippen molar-refractivity contribution in [2.45, 2.75) is 13.0 Å². The van der Waals surface area contributed by atoms with Crippen LogP contribution in [0.3, 0.4) is 0 Å². The summed E-state index contributed by atoms with van der Waals surface area (Å²) in [6.45, 7) is 4.11. The van der Waals surface area contributed by atoms with Crippen LogP contribution in [0.25, 0.3) is 0 Å². The van der Waals surface area contributed by atoms with E-state index in [1.54, 1.807) is 18.5 Å². The minimum Gasteiger partial charge on any atom is -0.354 e. The number of hydrogen-bond donors (Lipinski definition) is 2. The Balaban J connectivity index is 1.31. The van der Waals surface area contributed by atoms with Gasteiger partial charge in [0.2, 0.25) is 17.8 Å². The number of aromatic nitrogens is 2. The Morgan fingerprint density at radius 2 is 1.68 bits per heavy atom. The molecule has 2 amide bonds. The second kappa shape index (κ2) is 10.4. The molecule has 2 N–H and O–H groups in total. The Hall–Kier alpha value is -3.00. The molecular formula is C20H26N6O2. The average Bonchev–Trinajstić information content (AvgIpc) is 2.74. The van der Waals surface area contributed by atoms with Crippen LogP contribution in [0.15, 0.2) is 48.8 Å². The third-order valence-corrected chi connectivity index (χ3v) is 4.61. The van der Waals surface area contributed by atoms with E-state index in [9.17, 15) is 9.59 Å². The zero-order valence-electron chi connectivity index (χ0n) is 15.9. The van der Waals surface area contributed by atoms with Crippen molar-refractivity contribution < 1.29 is 9.59 Å². The zero-order valence-corrected chi connectivity index (χ0v) is 15.9. The maximum atomic E-state index is 12.3. The van der Waals surface area contributed by atoms with E-state index in [0.717, 1.165) is 5.56 Å². The Kier molecular flexibility index (Phi) is 7.31. The van der Waals surface area contributed by atoms with Gasteiger partial charge < -0.3 is 15.5 Å². The zero-order chi connectivity index (χ0) is 19.6. The molecule has 1 saturated heterocycles. The fourth-order valence-electron chi connectivity index (χ4n) is 3.04. The van der Waals surface area contributed by atoms with Gasteiger partial charge in [0.05, 0.1) is 6.54 Å². The van der Waals surface area contributed by atoms with Gasteiger partial charge in [-0.2, -0.15) is 0 Å². The number of anilines is 1. The van der Waals surface area contributed by atoms with Gasteiger partial charge >= 0.3 is 0 Å². The molecule has 0 aliphatic carbocycles. The SMILES string of the molecule is O=C(CN1CCN(C(=O)CCNc2ncccn2)CC1)NCc1ccccc1. The van der Waals surface area contributed by atoms with Gasteiger partial charge in [0, 0.05) is 58.1 Å². The van der Waals surface area contributed by atoms with E-state index in [-0.39, 0.29) is 11.8 Å². The molecule has 0 bridgehead atoms. The molecule has 8 heteroatoms. The van der Waals surface area contributed by atoms with Crippen LogP contribution >= 0.6 is 0 Å². The Bertz CT molecular complexity index is 748. The Labute approximate surface area is 165 Å². The van der Waals surface area contributed by atoms with Gasteiger partial charge in [0.15, 0.2) is 0 Å². The molecule has 2 aromatic rings. The quantitative estimate of drug-likeness (QED) is 0.700. The van der Waals surface area contributed by atoms with E-state index in [1.165, 1.54) is 0 Å². The van der Waals surface area contributed by atoms with Crippen molar-refractivity contribution in [2.75, 3.05) is 44.6 Å². The van der Waals surface area contributed by atoms with Crippen LogP contribution in [-0.2, 0) is 16.1 Å². The van der Waals surface area contributed by atoms with Crippen molar-refractivity contribution in [3.05, 3.63) is 54.4 Å². The molecular weight excluding hydrogens is 356 g/mol. The van der Waals surface area contributed by atoms with Crippen molar-refractivity contribution in [1.29, 1.82) is 0 Å². The van der Waals surface area contributed by atoms with E-state index >= 15 is 0 Å². The minimum atomic E-state index is 0.00990. The molecule has 3 rings (SSSR count). The fraction of sp³-hybridized carbons (Fsp3) is 0.400. The highest BCUT2D eigenvalue weighted by Crippen LogP contribution is 2.05. The van der Waals surface area contributed by atoms with Crippen LogP contribution < -0.4 is 10.6 Å². The lowest BCUT2D eigenvalue weighted by molar-refractivity contribution is -0.133. The van der Waals surface area contributed by atoms with Crippen LogP contribution in [0.5, 0.6) is 0 Å². The van der Waals surface area contributed by atoms with Crippen molar-refractivity contribution in [3.63, 3.8) is 0 Å². The summed E-state index contributed by atoms with van der Waals surface area (Å²) in [5, 5.41) is 5.99. The van der Waals surface area contributed by atoms with Gasteiger partial charge in [-0.3, -0.25) is 14.5 Å². The summed E-state index contributed by atoms with van der Waals surface area (Å²) in [7, 11) is 0. The van der Waals surface area contributed by atoms with Crippen LogP contribution in [-0.4, -0.2) is 70.9 Å². The number of nitrogens with one attached hydrogen (secondary N) is 2. The number of benzene rings is 1. The Morgan fingerprint density at radius 1 is 0.964 bits per heavy atom. The summed E-state index contributed by atoms with van der Waals surface area (Å²) < 4.78 is 0. The molecule has 8 nitrogen and oxygen atoms in total. The molecule has 0 atom stereocenters. The van der Waals surface area contributed by atoms with E-state index in [0.29, 0.717) is 58.2 Å². The first kappa shape index (κ1) is 19.8. The lowest BCUT2D eigenvalue weighted by atomic mass is 10.2. The van der Waals surface area contributed by atoms with E-state index in [2.05, 4.69) is 25.5 Å². The highest BCUT2D eigenvalue weighted by atomic mass is 16.2. The highest BCUT2D eigenvalue weighted by molar-refractivity contribution is 5.78. The predicted octanol–water partition coefficient (Wildman–Crippen LogP) is 0.739. The summed E-state index contributed by atoms with van der Waals surface area (Å²) >= 11 is 0. The number of amides is 2. The standard InChI is InChI=1S/C20H26N6O2/c27-18(24-15-17-5-2-1-3-6-17)16-25-11-13-26(14-12-25)19(28)7-10-23-20-21-8-4-9-22-20/h1-6,8-9H,7,10-16H2,(H,24,27)(H,21,22,23). The number of rotatable bonds is 8. The number of hydrogen-bond acceptors (Lipinski definition) is 6. The third-order valence-electron chi connectivity index (χ3n) is 4.61. The maximum Gasteiger partial charge on any atom is 0.234 e. The number of carbonyl (C=O) groups is 2. The average molecular weight is 382 g/mol. The molecule has 0 spiro atoms. The van der Waals surface area contributed by atoms with Crippen molar-refractivity contribution >= 4 is 17.8 Å². The summed E-state index contributed by atoms with van der Waals surface area (Å²) in [5.41, 5.74) is 1.08. The van der Waals surface area contributed by atoms with Crippen molar-refractivity contribution in [2.24, 2.45) is 0 Å². The van der Waals surface area contributed by atoms with Gasteiger partial charge in [-0.05, 0) is 11.6 Å². The topological polar surface area (TPSA) is 90.5 Å². The largest absolute Gasteiger partial charge is 0.354 e. The maximum absolute atomic E-state index is 12.3. The van der Waals surface area contributed by atoms with Crippen LogP contribution in [0.2, 0.25) is 0 Å². The first-order valence-corrected chi connectivity index (χ1v) is 9.52. The van der Waals surface area contributed by atoms with Gasteiger partial charge in [0.25, 0.3) is 0 Å². The van der Waals surface area contributed by atoms with Crippen molar-refractivity contribution in [1.82, 2.24) is 25.1 Å². The molecule has 0 saturated carbocycles. The number of piperazine rings is 1. The van der Waals surface area contributed by atoms with E-state index in [4.69, 9.17) is 0 Å². The molecule has 0 radical (unpaired) electrons. The second-order valence-corrected chi connectivity index (χ2v) is 6.67. The van der Waals surface area contributed by atoms with Crippen LogP contribution in [0.1, 0.15) is 12.0 Å². The minimum absolute atomic E-state index is 0.00990. The number of nitrogens with zero attached hydrogens (tertiary/aromatic N) is 4. The second-order valence-electron chi connectivity index (χ2n) is 6.67. The van der Waals surface area contributed by atoms with Gasteiger partial charge in [0.1, 0.15) is 0 Å². The molecule has 1 aromatic heterocycles. The highest BCUT2D eigenvalue weighted by Gasteiger charge is 2.22. The molecule has 1 aliphatic rings.